The van der Waals surface area contributed by atoms with Crippen LogP contribution < -0.4 is 5.73 Å². The average molecular weight is 192 g/mol. The Balaban J connectivity index is 2.97. The van der Waals surface area contributed by atoms with Crippen LogP contribution in [-0.2, 0) is 0 Å². The molecule has 4 heteroatoms. The third-order valence-electron chi connectivity index (χ3n) is 1.25. The van der Waals surface area contributed by atoms with Gasteiger partial charge in [0, 0.05) is 0 Å². The zero-order valence-corrected chi connectivity index (χ0v) is 7.47. The fraction of sp³-hybridized carbons (Fsp3) is 0.111. The maximum atomic E-state index is 8.24. The zero-order valence-electron chi connectivity index (χ0n) is 6.71. The Kier molecular flexibility index (Phi) is 3.14. The van der Waals surface area contributed by atoms with E-state index in [0.717, 1.165) is 0 Å². The molecule has 0 aromatic carbocycles. The topological polar surface area (TPSA) is 62.7 Å². The molecule has 0 saturated heterocycles. The molecular formula is C9H6ClN3. The summed E-state index contributed by atoms with van der Waals surface area (Å²) >= 11 is 5.72. The maximum Gasteiger partial charge on any atom is 0.144 e. The molecule has 0 bridgehead atoms. The molecule has 0 fully saturated rings. The summed E-state index contributed by atoms with van der Waals surface area (Å²) < 4.78 is 0. The van der Waals surface area contributed by atoms with Crippen LogP contribution >= 0.6 is 11.6 Å². The van der Waals surface area contributed by atoms with Crippen LogP contribution in [0, 0.1) is 23.2 Å². The van der Waals surface area contributed by atoms with Crippen molar-refractivity contribution in [3.05, 3.63) is 23.0 Å². The summed E-state index contributed by atoms with van der Waals surface area (Å²) in [6.07, 6.45) is 1.63. The van der Waals surface area contributed by atoms with Gasteiger partial charge in [0.2, 0.25) is 0 Å². The van der Waals surface area contributed by atoms with Crippen molar-refractivity contribution in [1.29, 1.82) is 5.26 Å². The highest BCUT2D eigenvalue weighted by Gasteiger charge is 1.97. The number of hydrogen-bond acceptors (Lipinski definition) is 3. The van der Waals surface area contributed by atoms with E-state index in [0.29, 0.717) is 16.4 Å². The van der Waals surface area contributed by atoms with Crippen LogP contribution in [0.2, 0.25) is 5.15 Å². The summed E-state index contributed by atoms with van der Waals surface area (Å²) in [7, 11) is 0. The second kappa shape index (κ2) is 4.35. The van der Waals surface area contributed by atoms with Gasteiger partial charge in [-0.15, -0.1) is 0 Å². The van der Waals surface area contributed by atoms with Gasteiger partial charge in [-0.1, -0.05) is 23.4 Å². The summed E-state index contributed by atoms with van der Waals surface area (Å²) in [5.41, 5.74) is 6.54. The molecule has 0 unspecified atom stereocenters. The van der Waals surface area contributed by atoms with Gasteiger partial charge in [0.25, 0.3) is 0 Å². The van der Waals surface area contributed by atoms with Gasteiger partial charge in [0.1, 0.15) is 5.15 Å². The van der Waals surface area contributed by atoms with E-state index in [9.17, 15) is 0 Å². The molecule has 0 spiro atoms. The maximum absolute atomic E-state index is 8.24. The second-order valence-corrected chi connectivity index (χ2v) is 2.60. The van der Waals surface area contributed by atoms with Crippen LogP contribution in [0.4, 0.5) is 5.69 Å². The lowest BCUT2D eigenvalue weighted by Gasteiger charge is -1.95. The zero-order chi connectivity index (χ0) is 9.68. The van der Waals surface area contributed by atoms with Crippen molar-refractivity contribution in [3.8, 4) is 17.9 Å². The Morgan fingerprint density at radius 1 is 1.62 bits per heavy atom. The summed E-state index contributed by atoms with van der Waals surface area (Å²) in [6.45, 7) is 0. The van der Waals surface area contributed by atoms with Crippen molar-refractivity contribution in [2.45, 2.75) is 6.42 Å². The predicted molar refractivity (Wildman–Crippen MR) is 50.8 cm³/mol. The quantitative estimate of drug-likeness (QED) is 0.500. The largest absolute Gasteiger partial charge is 0.397 e. The van der Waals surface area contributed by atoms with Gasteiger partial charge in [0.05, 0.1) is 29.9 Å². The number of rotatable bonds is 0. The van der Waals surface area contributed by atoms with E-state index >= 15 is 0 Å². The molecule has 13 heavy (non-hydrogen) atoms. The molecule has 64 valence electrons. The van der Waals surface area contributed by atoms with Crippen molar-refractivity contribution in [2.24, 2.45) is 0 Å². The van der Waals surface area contributed by atoms with Crippen molar-refractivity contribution in [3.63, 3.8) is 0 Å². The van der Waals surface area contributed by atoms with Crippen LogP contribution in [0.5, 0.6) is 0 Å². The molecule has 2 N–H and O–H groups in total. The molecule has 0 aliphatic carbocycles. The molecular weight excluding hydrogens is 186 g/mol. The predicted octanol–water partition coefficient (Wildman–Crippen LogP) is 1.58. The smallest absolute Gasteiger partial charge is 0.144 e. The fourth-order valence-corrected chi connectivity index (χ4v) is 0.881. The van der Waals surface area contributed by atoms with Gasteiger partial charge in [-0.05, 0) is 6.07 Å². The van der Waals surface area contributed by atoms with Gasteiger partial charge >= 0.3 is 0 Å². The molecule has 1 heterocycles. The lowest BCUT2D eigenvalue weighted by molar-refractivity contribution is 1.31. The standard InChI is InChI=1S/C9H6ClN3/c10-9-7(3-1-2-4-11)5-8(12)6-13-9/h5-6H,2,12H2. The summed E-state index contributed by atoms with van der Waals surface area (Å²) in [4.78, 5) is 3.81. The normalized spacial score (nSPS) is 8.31. The second-order valence-electron chi connectivity index (χ2n) is 2.24. The molecule has 1 aromatic heterocycles. The highest BCUT2D eigenvalue weighted by Crippen LogP contribution is 2.13. The number of nitrogens with zero attached hydrogens (tertiary/aromatic N) is 2. The minimum Gasteiger partial charge on any atom is -0.397 e. The molecule has 1 aromatic rings. The third kappa shape index (κ3) is 2.66. The van der Waals surface area contributed by atoms with Gasteiger partial charge in [-0.25, -0.2) is 4.98 Å². The lowest BCUT2D eigenvalue weighted by atomic mass is 10.2. The Hall–Kier alpha value is -1.71. The van der Waals surface area contributed by atoms with Crippen LogP contribution in [0.15, 0.2) is 12.3 Å². The molecule has 0 aliphatic heterocycles. The lowest BCUT2D eigenvalue weighted by Crippen LogP contribution is -1.89. The monoisotopic (exact) mass is 191 g/mol. The van der Waals surface area contributed by atoms with E-state index in [4.69, 9.17) is 22.6 Å². The first kappa shape index (κ1) is 9.38. The van der Waals surface area contributed by atoms with Crippen molar-refractivity contribution in [1.82, 2.24) is 4.98 Å². The Morgan fingerprint density at radius 2 is 2.38 bits per heavy atom. The third-order valence-corrected chi connectivity index (χ3v) is 1.55. The van der Waals surface area contributed by atoms with Crippen LogP contribution in [0.3, 0.4) is 0 Å². The number of halogens is 1. The molecule has 1 rings (SSSR count). The van der Waals surface area contributed by atoms with E-state index in [1.807, 2.05) is 6.07 Å². The van der Waals surface area contributed by atoms with E-state index in [1.54, 1.807) is 6.07 Å². The fourth-order valence-electron chi connectivity index (χ4n) is 0.731. The first-order valence-electron chi connectivity index (χ1n) is 3.51. The summed E-state index contributed by atoms with van der Waals surface area (Å²) in [5, 5.41) is 8.55. The number of anilines is 1. The van der Waals surface area contributed by atoms with Crippen LogP contribution in [-0.4, -0.2) is 4.98 Å². The molecule has 0 radical (unpaired) electrons. The van der Waals surface area contributed by atoms with Gasteiger partial charge in [-0.2, -0.15) is 5.26 Å². The number of hydrogen-bond donors (Lipinski definition) is 1. The minimum atomic E-state index is 0.172. The number of aromatic nitrogens is 1. The number of nitrogens with two attached hydrogens (primary N) is 1. The Morgan fingerprint density at radius 3 is 3.08 bits per heavy atom. The first-order valence-corrected chi connectivity index (χ1v) is 3.88. The molecule has 0 amide bonds. The highest BCUT2D eigenvalue weighted by atomic mass is 35.5. The van der Waals surface area contributed by atoms with Crippen molar-refractivity contribution >= 4 is 17.3 Å². The van der Waals surface area contributed by atoms with Crippen LogP contribution in [0.1, 0.15) is 12.0 Å². The van der Waals surface area contributed by atoms with Gasteiger partial charge in [0.15, 0.2) is 0 Å². The minimum absolute atomic E-state index is 0.172. The highest BCUT2D eigenvalue weighted by molar-refractivity contribution is 6.30. The Labute approximate surface area is 81.1 Å². The SMILES string of the molecule is N#CCC#Cc1cc(N)cnc1Cl. The molecule has 0 aliphatic rings. The first-order chi connectivity index (χ1) is 6.24. The number of pyridine rings is 1. The van der Waals surface area contributed by atoms with E-state index in [1.165, 1.54) is 6.20 Å². The number of nitrogen functional groups attached to an aromatic ring is 1. The molecule has 3 nitrogen and oxygen atoms in total. The molecule has 0 saturated carbocycles. The van der Waals surface area contributed by atoms with E-state index in [2.05, 4.69) is 16.8 Å². The van der Waals surface area contributed by atoms with Crippen LogP contribution in [0.25, 0.3) is 0 Å². The van der Waals surface area contributed by atoms with Crippen molar-refractivity contribution in [2.75, 3.05) is 5.73 Å². The average Bonchev–Trinajstić information content (AvgIpc) is 2.11. The summed E-state index contributed by atoms with van der Waals surface area (Å²) in [5.74, 6) is 5.34. The van der Waals surface area contributed by atoms with E-state index < -0.39 is 0 Å². The van der Waals surface area contributed by atoms with Gasteiger partial charge in [-0.3, -0.25) is 0 Å². The van der Waals surface area contributed by atoms with Crippen molar-refractivity contribution < 1.29 is 0 Å². The van der Waals surface area contributed by atoms with Gasteiger partial charge < -0.3 is 5.73 Å². The summed E-state index contributed by atoms with van der Waals surface area (Å²) in [6, 6.07) is 3.53. The van der Waals surface area contributed by atoms with E-state index in [-0.39, 0.29) is 6.42 Å². The Bertz CT molecular complexity index is 409. The number of nitriles is 1. The molecule has 0 atom stereocenters.